The molecule has 0 aromatic heterocycles. The number of rotatable bonds is 3. The average Bonchev–Trinajstić information content (AvgIpc) is 1.63. The minimum absolute atomic E-state index is 0.755. The third-order valence-corrected chi connectivity index (χ3v) is 0.653. The van der Waals surface area contributed by atoms with Crippen LogP contribution in [0.5, 0.6) is 0 Å². The fraction of sp³-hybridized carbons (Fsp3) is 0.500. The first kappa shape index (κ1) is 7.90. The van der Waals surface area contributed by atoms with Gasteiger partial charge in [-0.2, -0.15) is 0 Å². The Bertz CT molecular complexity index is 129. The second kappa shape index (κ2) is 3.03. The lowest BCUT2D eigenvalue weighted by Gasteiger charge is -1.97. The summed E-state index contributed by atoms with van der Waals surface area (Å²) in [5.41, 5.74) is 0. The van der Waals surface area contributed by atoms with Crippen LogP contribution in [0, 0.1) is 0 Å². The Morgan fingerprint density at radius 3 is 1.89 bits per heavy atom. The van der Waals surface area contributed by atoms with Crippen molar-refractivity contribution in [2.24, 2.45) is 0 Å². The van der Waals surface area contributed by atoms with Crippen LogP contribution in [0.1, 0.15) is 6.42 Å². The first-order valence-corrected chi connectivity index (χ1v) is 2.16. The summed E-state index contributed by atoms with van der Waals surface area (Å²) in [6.07, 6.45) is -2.54. The summed E-state index contributed by atoms with van der Waals surface area (Å²) in [5, 5.41) is 24.1. The molecule has 3 N–H and O–H groups in total. The third-order valence-electron chi connectivity index (χ3n) is 0.653. The highest BCUT2D eigenvalue weighted by molar-refractivity contribution is 5.79. The van der Waals surface area contributed by atoms with E-state index in [1.54, 1.807) is 0 Å². The zero-order chi connectivity index (χ0) is 7.44. The first-order valence-electron chi connectivity index (χ1n) is 2.16. The van der Waals surface area contributed by atoms with Gasteiger partial charge in [-0.05, 0) is 0 Å². The molecule has 0 rings (SSSR count). The van der Waals surface area contributed by atoms with Crippen molar-refractivity contribution in [3.63, 3.8) is 0 Å². The van der Waals surface area contributed by atoms with Gasteiger partial charge in [0.1, 0.15) is 0 Å². The number of carboxylic acid groups (broad SMARTS) is 2. The minimum atomic E-state index is -1.79. The summed E-state index contributed by atoms with van der Waals surface area (Å²) in [6, 6.07) is 0. The number of carbonyl (C=O) groups is 2. The van der Waals surface area contributed by atoms with Gasteiger partial charge in [0.2, 0.25) is 0 Å². The van der Waals surface area contributed by atoms with Crippen molar-refractivity contribution in [2.45, 2.75) is 12.5 Å². The zero-order valence-corrected chi connectivity index (χ0v) is 4.44. The van der Waals surface area contributed by atoms with E-state index < -0.39 is 24.5 Å². The van der Waals surface area contributed by atoms with E-state index in [2.05, 4.69) is 0 Å². The van der Waals surface area contributed by atoms with E-state index >= 15 is 0 Å². The Morgan fingerprint density at radius 1 is 1.33 bits per heavy atom. The molecule has 52 valence electrons. The van der Waals surface area contributed by atoms with E-state index in [-0.39, 0.29) is 0 Å². The molecule has 1 atom stereocenters. The van der Waals surface area contributed by atoms with Crippen molar-refractivity contribution in [1.29, 1.82) is 0 Å². The molecule has 5 nitrogen and oxygen atoms in total. The van der Waals surface area contributed by atoms with Crippen molar-refractivity contribution < 1.29 is 24.9 Å². The standard InChI is InChI=1S/C4H6O5/c5-2(4(8)9)1-3(6)7/h2,5H,1H2,(H,6,7)(H,8,9)/t2-/m1/s1/i1+1. The van der Waals surface area contributed by atoms with E-state index in [9.17, 15) is 9.59 Å². The maximum atomic E-state index is 9.72. The maximum Gasteiger partial charge on any atom is 0.333 e. The minimum Gasteiger partial charge on any atom is -0.481 e. The summed E-state index contributed by atoms with van der Waals surface area (Å²) in [6.45, 7) is 0. The molecule has 0 unspecified atom stereocenters. The van der Waals surface area contributed by atoms with Crippen molar-refractivity contribution in [1.82, 2.24) is 0 Å². The molecule has 0 saturated heterocycles. The Kier molecular flexibility index (Phi) is 2.66. The second-order valence-corrected chi connectivity index (χ2v) is 1.45. The molecule has 9 heavy (non-hydrogen) atoms. The second-order valence-electron chi connectivity index (χ2n) is 1.45. The van der Waals surface area contributed by atoms with Crippen LogP contribution in [-0.4, -0.2) is 33.4 Å². The van der Waals surface area contributed by atoms with Crippen LogP contribution in [0.2, 0.25) is 0 Å². The Hall–Kier alpha value is -1.10. The smallest absolute Gasteiger partial charge is 0.333 e. The molecule has 0 aliphatic carbocycles. The highest BCUT2D eigenvalue weighted by atomic mass is 16.4. The van der Waals surface area contributed by atoms with Gasteiger partial charge < -0.3 is 15.3 Å². The van der Waals surface area contributed by atoms with Gasteiger partial charge in [0.15, 0.2) is 6.10 Å². The van der Waals surface area contributed by atoms with E-state index in [0.29, 0.717) is 0 Å². The largest absolute Gasteiger partial charge is 0.481 e. The predicted octanol–water partition coefficient (Wildman–Crippen LogP) is -1.09. The van der Waals surface area contributed by atoms with Crippen molar-refractivity contribution in [2.75, 3.05) is 0 Å². The van der Waals surface area contributed by atoms with Crippen LogP contribution in [0.15, 0.2) is 0 Å². The topological polar surface area (TPSA) is 94.8 Å². The Labute approximate surface area is 50.5 Å². The van der Waals surface area contributed by atoms with Crippen LogP contribution in [0.4, 0.5) is 0 Å². The lowest BCUT2D eigenvalue weighted by Crippen LogP contribution is -2.22. The molecule has 0 saturated carbocycles. The normalized spacial score (nSPS) is 12.6. The molecule has 0 aromatic rings. The van der Waals surface area contributed by atoms with Crippen molar-refractivity contribution in [3.05, 3.63) is 0 Å². The molecule has 0 spiro atoms. The van der Waals surface area contributed by atoms with Crippen LogP contribution in [0.25, 0.3) is 0 Å². The summed E-state index contributed by atoms with van der Waals surface area (Å²) in [5.74, 6) is -2.85. The van der Waals surface area contributed by atoms with Crippen molar-refractivity contribution in [3.8, 4) is 0 Å². The number of aliphatic carboxylic acids is 2. The first-order chi connectivity index (χ1) is 4.04. The van der Waals surface area contributed by atoms with Gasteiger partial charge in [-0.1, -0.05) is 0 Å². The highest BCUT2D eigenvalue weighted by Crippen LogP contribution is 1.89. The molecular weight excluding hydrogens is 129 g/mol. The number of aliphatic hydroxyl groups is 1. The summed E-state index contributed by atoms with van der Waals surface area (Å²) >= 11 is 0. The van der Waals surface area contributed by atoms with Crippen LogP contribution in [0.3, 0.4) is 0 Å². The van der Waals surface area contributed by atoms with Crippen molar-refractivity contribution >= 4 is 11.9 Å². The maximum absolute atomic E-state index is 9.72. The molecule has 0 aliphatic heterocycles. The fourth-order valence-electron chi connectivity index (χ4n) is 0.253. The lowest BCUT2D eigenvalue weighted by atomic mass is 10.5. The van der Waals surface area contributed by atoms with Gasteiger partial charge in [-0.25, -0.2) is 4.79 Å². The van der Waals surface area contributed by atoms with Gasteiger partial charge in [0, 0.05) is 0 Å². The Balaban J connectivity index is 3.63. The number of hydrogen-bond acceptors (Lipinski definition) is 3. The zero-order valence-electron chi connectivity index (χ0n) is 4.44. The van der Waals surface area contributed by atoms with Gasteiger partial charge >= 0.3 is 11.9 Å². The third kappa shape index (κ3) is 3.48. The molecule has 0 bridgehead atoms. The number of aliphatic hydroxyl groups excluding tert-OH is 1. The summed E-state index contributed by atoms with van der Waals surface area (Å²) in [4.78, 5) is 19.4. The summed E-state index contributed by atoms with van der Waals surface area (Å²) < 4.78 is 0. The quantitative estimate of drug-likeness (QED) is 0.427. The van der Waals surface area contributed by atoms with E-state index in [4.69, 9.17) is 15.3 Å². The number of carboxylic acids is 2. The van der Waals surface area contributed by atoms with Gasteiger partial charge in [0.05, 0.1) is 6.42 Å². The fourth-order valence-corrected chi connectivity index (χ4v) is 0.253. The van der Waals surface area contributed by atoms with E-state index in [1.807, 2.05) is 0 Å². The van der Waals surface area contributed by atoms with Crippen LogP contribution in [-0.2, 0) is 9.59 Å². The molecule has 0 aliphatic rings. The van der Waals surface area contributed by atoms with Gasteiger partial charge in [-0.3, -0.25) is 4.79 Å². The molecular formula is C4H6O5. The SMILES string of the molecule is O=C(O)[13CH2][C@@H](O)C(=O)O. The molecule has 0 amide bonds. The molecule has 5 heteroatoms. The van der Waals surface area contributed by atoms with E-state index in [0.717, 1.165) is 0 Å². The van der Waals surface area contributed by atoms with Crippen LogP contribution < -0.4 is 0 Å². The lowest BCUT2D eigenvalue weighted by molar-refractivity contribution is -0.152. The average molecular weight is 135 g/mol. The van der Waals surface area contributed by atoms with E-state index in [1.165, 1.54) is 0 Å². The van der Waals surface area contributed by atoms with Gasteiger partial charge in [-0.15, -0.1) is 0 Å². The number of hydrogen-bond donors (Lipinski definition) is 3. The molecule has 0 heterocycles. The van der Waals surface area contributed by atoms with Gasteiger partial charge in [0.25, 0.3) is 0 Å². The molecule has 0 fully saturated rings. The predicted molar refractivity (Wildman–Crippen MR) is 25.9 cm³/mol. The highest BCUT2D eigenvalue weighted by Gasteiger charge is 2.16. The molecule has 0 aromatic carbocycles. The molecule has 0 radical (unpaired) electrons. The summed E-state index contributed by atoms with van der Waals surface area (Å²) in [7, 11) is 0. The monoisotopic (exact) mass is 135 g/mol. The Morgan fingerprint density at radius 2 is 1.78 bits per heavy atom. The van der Waals surface area contributed by atoms with Crippen LogP contribution >= 0.6 is 0 Å².